The molecule has 2 amide bonds. The van der Waals surface area contributed by atoms with E-state index in [4.69, 9.17) is 0 Å². The second-order valence-electron chi connectivity index (χ2n) is 5.75. The molecule has 2 fully saturated rings. The lowest BCUT2D eigenvalue weighted by molar-refractivity contribution is -0.158. The Morgan fingerprint density at radius 1 is 1.23 bits per heavy atom. The molecule has 2 aliphatic rings. The minimum Gasteiger partial charge on any atom is -0.330 e. The molecule has 0 bridgehead atoms. The largest absolute Gasteiger partial charge is 0.330 e. The van der Waals surface area contributed by atoms with Crippen molar-refractivity contribution in [1.29, 1.82) is 0 Å². The van der Waals surface area contributed by atoms with E-state index in [-0.39, 0.29) is 18.3 Å². The molecule has 22 heavy (non-hydrogen) atoms. The summed E-state index contributed by atoms with van der Waals surface area (Å²) >= 11 is 3.14. The van der Waals surface area contributed by atoms with E-state index < -0.39 is 17.6 Å². The number of nitrogens with zero attached hydrogens (tertiary/aromatic N) is 3. The van der Waals surface area contributed by atoms with Gasteiger partial charge in [0.1, 0.15) is 5.82 Å². The van der Waals surface area contributed by atoms with Gasteiger partial charge in [0.05, 0.1) is 12.2 Å². The number of carbonyl (C=O) groups excluding carboxylic acids is 2. The molecule has 7 heteroatoms. The topological polar surface area (TPSA) is 53.5 Å². The summed E-state index contributed by atoms with van der Waals surface area (Å²) in [5.74, 6) is -1.49. The first-order valence-electron chi connectivity index (χ1n) is 7.46. The minimum absolute atomic E-state index is 0.0300. The van der Waals surface area contributed by atoms with Crippen LogP contribution in [0.5, 0.6) is 0 Å². The number of amides is 2. The molecule has 1 aromatic heterocycles. The smallest absolute Gasteiger partial charge is 0.312 e. The predicted octanol–water partition coefficient (Wildman–Crippen LogP) is 2.10. The van der Waals surface area contributed by atoms with Crippen molar-refractivity contribution in [3.63, 3.8) is 0 Å². The predicted molar refractivity (Wildman–Crippen MR) is 81.3 cm³/mol. The third-order valence-corrected chi connectivity index (χ3v) is 4.77. The van der Waals surface area contributed by atoms with Gasteiger partial charge >= 0.3 is 11.8 Å². The molecule has 0 N–H and O–H groups in total. The van der Waals surface area contributed by atoms with Crippen molar-refractivity contribution in [2.24, 2.45) is 0 Å². The number of aromatic nitrogens is 1. The molecule has 0 atom stereocenters. The van der Waals surface area contributed by atoms with Gasteiger partial charge < -0.3 is 9.80 Å². The van der Waals surface area contributed by atoms with Crippen LogP contribution in [0.1, 0.15) is 31.4 Å². The Balaban J connectivity index is 1.69. The van der Waals surface area contributed by atoms with Crippen LogP contribution in [0.25, 0.3) is 0 Å². The average molecular weight is 370 g/mol. The standard InChI is InChI=1S/C15H17BrFN3O2/c16-10-7-12(17)13(18-8-10)9-19-5-6-20(15(22)14(19)21)11-3-1-2-4-11/h7-8,11H,1-6,9H2. The van der Waals surface area contributed by atoms with Crippen molar-refractivity contribution in [3.05, 3.63) is 28.2 Å². The number of halogens is 2. The molecular weight excluding hydrogens is 353 g/mol. The van der Waals surface area contributed by atoms with E-state index in [0.717, 1.165) is 25.7 Å². The highest BCUT2D eigenvalue weighted by Crippen LogP contribution is 2.25. The third-order valence-electron chi connectivity index (χ3n) is 4.33. The summed E-state index contributed by atoms with van der Waals surface area (Å²) in [6, 6.07) is 1.50. The Morgan fingerprint density at radius 2 is 1.95 bits per heavy atom. The number of pyridine rings is 1. The van der Waals surface area contributed by atoms with E-state index in [1.54, 1.807) is 4.90 Å². The number of rotatable bonds is 3. The molecule has 0 aromatic carbocycles. The number of hydrogen-bond donors (Lipinski definition) is 0. The second kappa shape index (κ2) is 6.32. The molecule has 1 saturated heterocycles. The normalized spacial score (nSPS) is 20.1. The van der Waals surface area contributed by atoms with Gasteiger partial charge in [0.25, 0.3) is 0 Å². The first-order valence-corrected chi connectivity index (χ1v) is 8.25. The van der Waals surface area contributed by atoms with Gasteiger partial charge in [-0.2, -0.15) is 0 Å². The maximum atomic E-state index is 13.8. The fourth-order valence-corrected chi connectivity index (χ4v) is 3.45. The van der Waals surface area contributed by atoms with Crippen molar-refractivity contribution in [2.75, 3.05) is 13.1 Å². The van der Waals surface area contributed by atoms with Crippen LogP contribution >= 0.6 is 15.9 Å². The molecule has 0 spiro atoms. The number of piperazine rings is 1. The number of carbonyl (C=O) groups is 2. The summed E-state index contributed by atoms with van der Waals surface area (Å²) in [7, 11) is 0. The highest BCUT2D eigenvalue weighted by atomic mass is 79.9. The zero-order valence-electron chi connectivity index (χ0n) is 12.1. The summed E-state index contributed by atoms with van der Waals surface area (Å²) in [6.45, 7) is 0.980. The second-order valence-corrected chi connectivity index (χ2v) is 6.66. The molecule has 5 nitrogen and oxygen atoms in total. The van der Waals surface area contributed by atoms with Gasteiger partial charge in [-0.25, -0.2) is 4.39 Å². The van der Waals surface area contributed by atoms with E-state index in [2.05, 4.69) is 20.9 Å². The summed E-state index contributed by atoms with van der Waals surface area (Å²) < 4.78 is 14.4. The van der Waals surface area contributed by atoms with E-state index in [1.165, 1.54) is 17.2 Å². The lowest BCUT2D eigenvalue weighted by Gasteiger charge is -2.37. The van der Waals surface area contributed by atoms with Gasteiger partial charge in [0.15, 0.2) is 0 Å². The first-order chi connectivity index (χ1) is 10.6. The van der Waals surface area contributed by atoms with Gasteiger partial charge in [-0.05, 0) is 34.8 Å². The van der Waals surface area contributed by atoms with Gasteiger partial charge in [0.2, 0.25) is 0 Å². The summed E-state index contributed by atoms with van der Waals surface area (Å²) in [4.78, 5) is 31.6. The maximum Gasteiger partial charge on any atom is 0.312 e. The van der Waals surface area contributed by atoms with Gasteiger partial charge in [0, 0.05) is 29.8 Å². The van der Waals surface area contributed by atoms with E-state index >= 15 is 0 Å². The van der Waals surface area contributed by atoms with Crippen LogP contribution in [0, 0.1) is 5.82 Å². The molecule has 0 radical (unpaired) electrons. The zero-order valence-corrected chi connectivity index (χ0v) is 13.7. The van der Waals surface area contributed by atoms with Crippen LogP contribution in [-0.4, -0.2) is 45.7 Å². The van der Waals surface area contributed by atoms with Crippen LogP contribution < -0.4 is 0 Å². The molecule has 3 rings (SSSR count). The van der Waals surface area contributed by atoms with E-state index in [1.807, 2.05) is 0 Å². The highest BCUT2D eigenvalue weighted by Gasteiger charge is 2.37. The quantitative estimate of drug-likeness (QED) is 0.766. The SMILES string of the molecule is O=C1C(=O)N(C2CCCC2)CCN1Cc1ncc(Br)cc1F. The average Bonchev–Trinajstić information content (AvgIpc) is 3.00. The van der Waals surface area contributed by atoms with Gasteiger partial charge in [-0.15, -0.1) is 0 Å². The number of hydrogen-bond acceptors (Lipinski definition) is 3. The van der Waals surface area contributed by atoms with E-state index in [9.17, 15) is 14.0 Å². The Kier molecular flexibility index (Phi) is 4.42. The first kappa shape index (κ1) is 15.4. The fourth-order valence-electron chi connectivity index (χ4n) is 3.14. The Morgan fingerprint density at radius 3 is 2.64 bits per heavy atom. The van der Waals surface area contributed by atoms with Crippen molar-refractivity contribution >= 4 is 27.7 Å². The lowest BCUT2D eigenvalue weighted by atomic mass is 10.1. The van der Waals surface area contributed by atoms with Crippen LogP contribution in [-0.2, 0) is 16.1 Å². The van der Waals surface area contributed by atoms with Crippen LogP contribution in [0.3, 0.4) is 0 Å². The minimum atomic E-state index is -0.553. The van der Waals surface area contributed by atoms with Crippen LogP contribution in [0.2, 0.25) is 0 Å². The Bertz CT molecular complexity index is 604. The molecule has 2 heterocycles. The van der Waals surface area contributed by atoms with Crippen molar-refractivity contribution in [2.45, 2.75) is 38.3 Å². The Hall–Kier alpha value is -1.50. The molecule has 1 aliphatic carbocycles. The van der Waals surface area contributed by atoms with E-state index in [0.29, 0.717) is 17.6 Å². The third kappa shape index (κ3) is 2.99. The highest BCUT2D eigenvalue weighted by molar-refractivity contribution is 9.10. The van der Waals surface area contributed by atoms with Gasteiger partial charge in [-0.3, -0.25) is 14.6 Å². The van der Waals surface area contributed by atoms with Crippen LogP contribution in [0.15, 0.2) is 16.7 Å². The van der Waals surface area contributed by atoms with Crippen LogP contribution in [0.4, 0.5) is 4.39 Å². The summed E-state index contributed by atoms with van der Waals surface area (Å²) in [5, 5.41) is 0. The molecule has 1 aliphatic heterocycles. The fraction of sp³-hybridized carbons (Fsp3) is 0.533. The molecule has 0 unspecified atom stereocenters. The molecule has 1 saturated carbocycles. The monoisotopic (exact) mass is 369 g/mol. The summed E-state index contributed by atoms with van der Waals surface area (Å²) in [6.07, 6.45) is 5.66. The zero-order chi connectivity index (χ0) is 15.7. The van der Waals surface area contributed by atoms with Gasteiger partial charge in [-0.1, -0.05) is 12.8 Å². The van der Waals surface area contributed by atoms with Crippen molar-refractivity contribution in [3.8, 4) is 0 Å². The molecular formula is C15H17BrFN3O2. The molecule has 118 valence electrons. The lowest BCUT2D eigenvalue weighted by Crippen LogP contribution is -2.56. The molecule has 1 aromatic rings. The van der Waals surface area contributed by atoms with Crippen molar-refractivity contribution in [1.82, 2.24) is 14.8 Å². The maximum absolute atomic E-state index is 13.8. The summed E-state index contributed by atoms with van der Waals surface area (Å²) in [5.41, 5.74) is 0.179. The van der Waals surface area contributed by atoms with Crippen molar-refractivity contribution < 1.29 is 14.0 Å². The Labute approximate surface area is 136 Å².